The van der Waals surface area contributed by atoms with Crippen molar-refractivity contribution in [3.63, 3.8) is 0 Å². The van der Waals surface area contributed by atoms with Crippen LogP contribution in [0.2, 0.25) is 0 Å². The van der Waals surface area contributed by atoms with Crippen molar-refractivity contribution < 1.29 is 9.90 Å². The van der Waals surface area contributed by atoms with E-state index in [-0.39, 0.29) is 18.6 Å². The van der Waals surface area contributed by atoms with E-state index in [0.717, 1.165) is 30.8 Å². The van der Waals surface area contributed by atoms with E-state index in [1.165, 1.54) is 0 Å². The summed E-state index contributed by atoms with van der Waals surface area (Å²) in [6.07, 6.45) is 5.71. The van der Waals surface area contributed by atoms with Gasteiger partial charge in [-0.05, 0) is 31.0 Å². The van der Waals surface area contributed by atoms with E-state index < -0.39 is 0 Å². The number of nitrogens with zero attached hydrogens (tertiary/aromatic N) is 3. The van der Waals surface area contributed by atoms with Crippen LogP contribution in [-0.4, -0.2) is 44.2 Å². The standard InChI is InChI=1S/C15H18N4O2/c20-9-5-12-10-13(18-17-12)14-2-1-8-19(14)15(21)11-3-6-16-7-4-11/h3-4,6-7,10,14,20H,1-2,5,8-9H2,(H,17,18). The van der Waals surface area contributed by atoms with Gasteiger partial charge in [0.2, 0.25) is 0 Å². The Balaban J connectivity index is 1.80. The van der Waals surface area contributed by atoms with Crippen LogP contribution >= 0.6 is 0 Å². The molecule has 2 aromatic rings. The Kier molecular flexibility index (Phi) is 3.96. The van der Waals surface area contributed by atoms with E-state index in [9.17, 15) is 4.79 Å². The summed E-state index contributed by atoms with van der Waals surface area (Å²) in [4.78, 5) is 18.4. The zero-order chi connectivity index (χ0) is 14.7. The predicted molar refractivity (Wildman–Crippen MR) is 76.6 cm³/mol. The van der Waals surface area contributed by atoms with Gasteiger partial charge in [0.25, 0.3) is 5.91 Å². The van der Waals surface area contributed by atoms with E-state index in [2.05, 4.69) is 15.2 Å². The molecule has 2 N–H and O–H groups in total. The lowest BCUT2D eigenvalue weighted by Crippen LogP contribution is -2.30. The number of hydrogen-bond acceptors (Lipinski definition) is 4. The Bertz CT molecular complexity index is 611. The molecule has 6 nitrogen and oxygen atoms in total. The SMILES string of the molecule is O=C(c1ccncc1)N1CCCC1c1cc(CCO)[nH]n1. The molecule has 2 aromatic heterocycles. The molecule has 6 heteroatoms. The molecule has 1 aliphatic heterocycles. The molecule has 0 saturated carbocycles. The highest BCUT2D eigenvalue weighted by Gasteiger charge is 2.32. The molecular formula is C15H18N4O2. The van der Waals surface area contributed by atoms with Gasteiger partial charge < -0.3 is 10.0 Å². The van der Waals surface area contributed by atoms with Crippen LogP contribution in [0.15, 0.2) is 30.6 Å². The number of pyridine rings is 1. The van der Waals surface area contributed by atoms with Crippen molar-refractivity contribution in [3.05, 3.63) is 47.5 Å². The number of nitrogens with one attached hydrogen (secondary N) is 1. The van der Waals surface area contributed by atoms with Crippen LogP contribution in [0.4, 0.5) is 0 Å². The summed E-state index contributed by atoms with van der Waals surface area (Å²) in [5.41, 5.74) is 2.43. The van der Waals surface area contributed by atoms with Crippen LogP contribution in [-0.2, 0) is 6.42 Å². The van der Waals surface area contributed by atoms with Gasteiger partial charge >= 0.3 is 0 Å². The third-order valence-corrected chi connectivity index (χ3v) is 3.81. The maximum absolute atomic E-state index is 12.6. The number of aliphatic hydroxyl groups excluding tert-OH is 1. The van der Waals surface area contributed by atoms with Gasteiger partial charge in [-0.1, -0.05) is 0 Å². The van der Waals surface area contributed by atoms with Gasteiger partial charge in [0, 0.05) is 43.2 Å². The van der Waals surface area contributed by atoms with Gasteiger partial charge in [-0.25, -0.2) is 0 Å². The van der Waals surface area contributed by atoms with Gasteiger partial charge in [-0.2, -0.15) is 5.10 Å². The lowest BCUT2D eigenvalue weighted by molar-refractivity contribution is 0.0732. The van der Waals surface area contributed by atoms with E-state index in [0.29, 0.717) is 12.0 Å². The van der Waals surface area contributed by atoms with Gasteiger partial charge in [0.05, 0.1) is 11.7 Å². The van der Waals surface area contributed by atoms with Crippen LogP contribution in [0.25, 0.3) is 0 Å². The average Bonchev–Trinajstić information content (AvgIpc) is 3.16. The van der Waals surface area contributed by atoms with Crippen molar-refractivity contribution in [2.24, 2.45) is 0 Å². The van der Waals surface area contributed by atoms with Gasteiger partial charge in [0.1, 0.15) is 0 Å². The third-order valence-electron chi connectivity index (χ3n) is 3.81. The molecule has 0 aromatic carbocycles. The third kappa shape index (κ3) is 2.80. The van der Waals surface area contributed by atoms with E-state index in [1.54, 1.807) is 24.5 Å². The molecule has 1 atom stereocenters. The molecule has 110 valence electrons. The van der Waals surface area contributed by atoms with Gasteiger partial charge in [-0.15, -0.1) is 0 Å². The molecule has 0 bridgehead atoms. The molecule has 0 spiro atoms. The fourth-order valence-corrected chi connectivity index (χ4v) is 2.78. The topological polar surface area (TPSA) is 82.1 Å². The second kappa shape index (κ2) is 6.05. The number of carbonyl (C=O) groups excluding carboxylic acids is 1. The van der Waals surface area contributed by atoms with Crippen molar-refractivity contribution in [2.45, 2.75) is 25.3 Å². The summed E-state index contributed by atoms with van der Waals surface area (Å²) < 4.78 is 0. The molecule has 0 aliphatic carbocycles. The molecule has 1 aliphatic rings. The summed E-state index contributed by atoms with van der Waals surface area (Å²) in [5.74, 6) is 0.0200. The fraction of sp³-hybridized carbons (Fsp3) is 0.400. The molecule has 3 rings (SSSR count). The fourth-order valence-electron chi connectivity index (χ4n) is 2.78. The number of rotatable bonds is 4. The average molecular weight is 286 g/mol. The molecule has 1 amide bonds. The van der Waals surface area contributed by atoms with Crippen LogP contribution in [0, 0.1) is 0 Å². The molecule has 21 heavy (non-hydrogen) atoms. The van der Waals surface area contributed by atoms with Crippen molar-refractivity contribution in [2.75, 3.05) is 13.2 Å². The highest BCUT2D eigenvalue weighted by atomic mass is 16.3. The summed E-state index contributed by atoms with van der Waals surface area (Å²) >= 11 is 0. The minimum Gasteiger partial charge on any atom is -0.396 e. The van der Waals surface area contributed by atoms with Crippen LogP contribution in [0.1, 0.15) is 40.6 Å². The lowest BCUT2D eigenvalue weighted by atomic mass is 10.1. The Labute approximate surface area is 122 Å². The maximum Gasteiger partial charge on any atom is 0.254 e. The molecular weight excluding hydrogens is 268 g/mol. The molecule has 0 radical (unpaired) electrons. The number of carbonyl (C=O) groups is 1. The molecule has 1 fully saturated rings. The predicted octanol–water partition coefficient (Wildman–Crippen LogP) is 1.32. The summed E-state index contributed by atoms with van der Waals surface area (Å²) in [7, 11) is 0. The number of hydrogen-bond donors (Lipinski definition) is 2. The monoisotopic (exact) mass is 286 g/mol. The highest BCUT2D eigenvalue weighted by Crippen LogP contribution is 2.32. The Morgan fingerprint density at radius 3 is 3.00 bits per heavy atom. The smallest absolute Gasteiger partial charge is 0.254 e. The van der Waals surface area contributed by atoms with Crippen LogP contribution in [0.5, 0.6) is 0 Å². The number of aromatic amines is 1. The lowest BCUT2D eigenvalue weighted by Gasteiger charge is -2.23. The van der Waals surface area contributed by atoms with Crippen molar-refractivity contribution in [1.29, 1.82) is 0 Å². The maximum atomic E-state index is 12.6. The number of H-pyrrole nitrogens is 1. The van der Waals surface area contributed by atoms with E-state index >= 15 is 0 Å². The summed E-state index contributed by atoms with van der Waals surface area (Å²) in [5, 5.41) is 16.2. The highest BCUT2D eigenvalue weighted by molar-refractivity contribution is 5.94. The number of aliphatic hydroxyl groups is 1. The molecule has 1 unspecified atom stereocenters. The first-order valence-electron chi connectivity index (χ1n) is 7.15. The van der Waals surface area contributed by atoms with E-state index in [4.69, 9.17) is 5.11 Å². The van der Waals surface area contributed by atoms with Crippen molar-refractivity contribution in [3.8, 4) is 0 Å². The number of aromatic nitrogens is 3. The zero-order valence-electron chi connectivity index (χ0n) is 11.7. The quantitative estimate of drug-likeness (QED) is 0.888. The summed E-state index contributed by atoms with van der Waals surface area (Å²) in [6, 6.07) is 5.42. The largest absolute Gasteiger partial charge is 0.396 e. The second-order valence-electron chi connectivity index (χ2n) is 5.18. The Morgan fingerprint density at radius 2 is 2.24 bits per heavy atom. The van der Waals surface area contributed by atoms with E-state index in [1.807, 2.05) is 11.0 Å². The molecule has 3 heterocycles. The number of amides is 1. The van der Waals surface area contributed by atoms with Crippen molar-refractivity contribution in [1.82, 2.24) is 20.1 Å². The summed E-state index contributed by atoms with van der Waals surface area (Å²) in [6.45, 7) is 0.833. The van der Waals surface area contributed by atoms with Gasteiger partial charge in [-0.3, -0.25) is 14.9 Å². The number of likely N-dealkylation sites (tertiary alicyclic amines) is 1. The Hall–Kier alpha value is -2.21. The minimum absolute atomic E-state index is 0.00866. The van der Waals surface area contributed by atoms with Crippen LogP contribution in [0.3, 0.4) is 0 Å². The first-order valence-corrected chi connectivity index (χ1v) is 7.15. The zero-order valence-corrected chi connectivity index (χ0v) is 11.7. The minimum atomic E-state index is 0.00866. The Morgan fingerprint density at radius 1 is 1.43 bits per heavy atom. The first-order chi connectivity index (χ1) is 10.3. The van der Waals surface area contributed by atoms with Gasteiger partial charge in [0.15, 0.2) is 0 Å². The van der Waals surface area contributed by atoms with Crippen LogP contribution < -0.4 is 0 Å². The molecule has 1 saturated heterocycles. The first kappa shape index (κ1) is 13.8. The van der Waals surface area contributed by atoms with Crippen molar-refractivity contribution >= 4 is 5.91 Å². The second-order valence-corrected chi connectivity index (χ2v) is 5.18. The normalized spacial score (nSPS) is 18.1.